The Kier molecular flexibility index (Phi) is 18.3. The van der Waals surface area contributed by atoms with Crippen molar-refractivity contribution < 1.29 is 38.1 Å². The first-order valence-electron chi connectivity index (χ1n) is 19.5. The van der Waals surface area contributed by atoms with E-state index in [4.69, 9.17) is 43.1 Å². The number of halogens is 2. The van der Waals surface area contributed by atoms with Gasteiger partial charge in [-0.3, -0.25) is 10.6 Å². The fourth-order valence-electron chi connectivity index (χ4n) is 6.07. The van der Waals surface area contributed by atoms with Crippen molar-refractivity contribution in [3.05, 3.63) is 71.0 Å². The van der Waals surface area contributed by atoms with E-state index in [0.717, 1.165) is 12.0 Å². The summed E-state index contributed by atoms with van der Waals surface area (Å²) >= 11 is 12.8. The SMILES string of the molecule is COC(=O)Nc1nccc(-c2ccc(OC[C@@](C)(N)CC(C)C)c(Cl)c2)n1.COC(=O)Nc1nccc(-c2ccc(OC[C@](C)(CC(C)C)NC(=O)OC(C)(C)C)c(Cl)c2)n1. The summed E-state index contributed by atoms with van der Waals surface area (Å²) in [4.78, 5) is 51.6. The highest BCUT2D eigenvalue weighted by atomic mass is 35.5. The van der Waals surface area contributed by atoms with Crippen molar-refractivity contribution in [2.75, 3.05) is 38.1 Å². The summed E-state index contributed by atoms with van der Waals surface area (Å²) in [5.74, 6) is 2.07. The molecule has 0 bridgehead atoms. The number of nitrogens with one attached hydrogen (secondary N) is 3. The fourth-order valence-corrected chi connectivity index (χ4v) is 6.54. The van der Waals surface area contributed by atoms with Gasteiger partial charge in [0, 0.05) is 29.1 Å². The van der Waals surface area contributed by atoms with Gasteiger partial charge in [0.15, 0.2) is 0 Å². The number of carbonyl (C=O) groups excluding carboxylic acids is 3. The van der Waals surface area contributed by atoms with E-state index >= 15 is 0 Å². The number of rotatable bonds is 15. The average molecular weight is 886 g/mol. The van der Waals surface area contributed by atoms with E-state index in [1.807, 2.05) is 40.7 Å². The Labute approximate surface area is 368 Å². The molecule has 2 heterocycles. The van der Waals surface area contributed by atoms with Crippen LogP contribution < -0.4 is 31.2 Å². The van der Waals surface area contributed by atoms with Crippen molar-refractivity contribution in [2.24, 2.45) is 17.6 Å². The summed E-state index contributed by atoms with van der Waals surface area (Å²) in [5, 5.41) is 8.62. The predicted molar refractivity (Wildman–Crippen MR) is 237 cm³/mol. The van der Waals surface area contributed by atoms with Crippen LogP contribution in [0.1, 0.15) is 75.2 Å². The lowest BCUT2D eigenvalue weighted by Gasteiger charge is -2.33. The molecule has 4 rings (SSSR count). The molecule has 0 fully saturated rings. The first-order chi connectivity index (χ1) is 28.5. The Morgan fingerprint density at radius 2 is 1.11 bits per heavy atom. The van der Waals surface area contributed by atoms with Gasteiger partial charge in [0.1, 0.15) is 30.3 Å². The number of hydrogen-bond acceptors (Lipinski definition) is 13. The molecule has 2 aromatic heterocycles. The number of benzene rings is 2. The maximum atomic E-state index is 12.4. The Balaban J connectivity index is 0.000000334. The number of carbonyl (C=O) groups is 3. The molecule has 0 saturated carbocycles. The zero-order chi connectivity index (χ0) is 45.5. The third-order valence-corrected chi connectivity index (χ3v) is 8.80. The zero-order valence-electron chi connectivity index (χ0n) is 36.6. The van der Waals surface area contributed by atoms with E-state index in [-0.39, 0.29) is 18.5 Å². The van der Waals surface area contributed by atoms with Gasteiger partial charge in [0.2, 0.25) is 11.9 Å². The van der Waals surface area contributed by atoms with E-state index in [0.29, 0.717) is 63.4 Å². The van der Waals surface area contributed by atoms with Crippen LogP contribution in [-0.2, 0) is 14.2 Å². The number of amides is 3. The molecule has 0 aliphatic rings. The second kappa shape index (κ2) is 22.4. The molecular formula is C43H58Cl2N8O8. The van der Waals surface area contributed by atoms with Crippen molar-refractivity contribution >= 4 is 53.4 Å². The summed E-state index contributed by atoms with van der Waals surface area (Å²) in [6.45, 7) is 18.3. The second-order valence-corrected chi connectivity index (χ2v) is 17.5. The minimum atomic E-state index is -0.667. The number of nitrogens with two attached hydrogens (primary N) is 1. The van der Waals surface area contributed by atoms with Crippen LogP contribution in [0.4, 0.5) is 26.3 Å². The van der Waals surface area contributed by atoms with Crippen LogP contribution in [0, 0.1) is 11.8 Å². The molecule has 3 amide bonds. The number of alkyl carbamates (subject to hydrolysis) is 1. The van der Waals surface area contributed by atoms with Gasteiger partial charge >= 0.3 is 18.3 Å². The van der Waals surface area contributed by atoms with Crippen molar-refractivity contribution in [2.45, 2.75) is 91.8 Å². The van der Waals surface area contributed by atoms with E-state index < -0.39 is 35.0 Å². The molecule has 0 aliphatic carbocycles. The lowest BCUT2D eigenvalue weighted by atomic mass is 9.91. The summed E-state index contributed by atoms with van der Waals surface area (Å²) in [6.07, 6.45) is 2.78. The molecular weight excluding hydrogens is 827 g/mol. The lowest BCUT2D eigenvalue weighted by molar-refractivity contribution is 0.0408. The first kappa shape index (κ1) is 49.9. The first-order valence-corrected chi connectivity index (χ1v) is 20.3. The van der Waals surface area contributed by atoms with E-state index in [1.54, 1.807) is 42.5 Å². The van der Waals surface area contributed by atoms with Gasteiger partial charge in [-0.15, -0.1) is 0 Å². The van der Waals surface area contributed by atoms with Gasteiger partial charge in [-0.25, -0.2) is 34.3 Å². The number of ether oxygens (including phenoxy) is 5. The molecule has 18 heteroatoms. The van der Waals surface area contributed by atoms with Crippen LogP contribution in [0.3, 0.4) is 0 Å². The summed E-state index contributed by atoms with van der Waals surface area (Å²) in [5.41, 5.74) is 7.22. The highest BCUT2D eigenvalue weighted by Crippen LogP contribution is 2.32. The van der Waals surface area contributed by atoms with Crippen molar-refractivity contribution in [3.63, 3.8) is 0 Å². The molecule has 5 N–H and O–H groups in total. The third kappa shape index (κ3) is 17.6. The minimum Gasteiger partial charge on any atom is -0.490 e. The Bertz CT molecular complexity index is 2100. The molecule has 332 valence electrons. The van der Waals surface area contributed by atoms with Gasteiger partial charge in [-0.1, -0.05) is 50.9 Å². The van der Waals surface area contributed by atoms with Gasteiger partial charge in [-0.2, -0.15) is 0 Å². The molecule has 0 saturated heterocycles. The molecule has 0 unspecified atom stereocenters. The maximum Gasteiger partial charge on any atom is 0.413 e. The van der Waals surface area contributed by atoms with Crippen LogP contribution in [0.2, 0.25) is 10.0 Å². The van der Waals surface area contributed by atoms with Crippen LogP contribution >= 0.6 is 23.2 Å². The van der Waals surface area contributed by atoms with Crippen LogP contribution in [-0.4, -0.2) is 82.3 Å². The summed E-state index contributed by atoms with van der Waals surface area (Å²) in [7, 11) is 2.53. The van der Waals surface area contributed by atoms with E-state index in [1.165, 1.54) is 26.6 Å². The Hall–Kier alpha value is -5.45. The number of methoxy groups -OCH3 is 2. The maximum absolute atomic E-state index is 12.4. The normalized spacial score (nSPS) is 13.1. The number of anilines is 2. The number of nitrogens with zero attached hydrogens (tertiary/aromatic N) is 4. The average Bonchev–Trinajstić information content (AvgIpc) is 3.15. The highest BCUT2D eigenvalue weighted by Gasteiger charge is 2.31. The van der Waals surface area contributed by atoms with Crippen LogP contribution in [0.15, 0.2) is 60.9 Å². The summed E-state index contributed by atoms with van der Waals surface area (Å²) < 4.78 is 26.3. The molecule has 2 atom stereocenters. The van der Waals surface area contributed by atoms with Crippen molar-refractivity contribution in [1.82, 2.24) is 25.3 Å². The second-order valence-electron chi connectivity index (χ2n) is 16.7. The Morgan fingerprint density at radius 1 is 0.672 bits per heavy atom. The topological polar surface area (TPSA) is 211 Å². The number of aromatic nitrogens is 4. The molecule has 2 aromatic carbocycles. The molecule has 4 aromatic rings. The van der Waals surface area contributed by atoms with E-state index in [9.17, 15) is 14.4 Å². The van der Waals surface area contributed by atoms with Crippen LogP contribution in [0.5, 0.6) is 11.5 Å². The van der Waals surface area contributed by atoms with E-state index in [2.05, 4.69) is 73.1 Å². The largest absolute Gasteiger partial charge is 0.490 e. The quantitative estimate of drug-likeness (QED) is 0.0820. The Morgan fingerprint density at radius 3 is 1.51 bits per heavy atom. The number of hydrogen-bond donors (Lipinski definition) is 4. The van der Waals surface area contributed by atoms with Gasteiger partial charge in [-0.05, 0) is 108 Å². The monoisotopic (exact) mass is 884 g/mol. The molecule has 0 aliphatic heterocycles. The third-order valence-electron chi connectivity index (χ3n) is 8.20. The standard InChI is InChI=1S/C24H33ClN4O5.C19H25ClN4O3/c1-15(2)13-24(6,29-22(31)34-23(3,4)5)14-33-19-9-8-16(12-17(19)25)18-10-11-26-20(27-18)28-21(30)32-7;1-12(2)10-19(3,21)11-27-16-6-5-13(9-14(16)20)15-7-8-22-17(23-15)24-18(25)26-4/h8-12,15H,13-14H2,1-7H3,(H,29,31)(H,26,27,28,30);5-9,12H,10-11,21H2,1-4H3,(H,22,23,24,25)/t24-;19-/m00/s1. The minimum absolute atomic E-state index is 0.110. The van der Waals surface area contributed by atoms with Gasteiger partial charge < -0.3 is 34.7 Å². The van der Waals surface area contributed by atoms with Crippen LogP contribution in [0.25, 0.3) is 22.5 Å². The van der Waals surface area contributed by atoms with Gasteiger partial charge in [0.25, 0.3) is 0 Å². The van der Waals surface area contributed by atoms with Gasteiger partial charge in [0.05, 0.1) is 41.2 Å². The molecule has 16 nitrogen and oxygen atoms in total. The predicted octanol–water partition coefficient (Wildman–Crippen LogP) is 9.80. The van der Waals surface area contributed by atoms with Crippen molar-refractivity contribution in [3.8, 4) is 34.0 Å². The molecule has 0 spiro atoms. The zero-order valence-corrected chi connectivity index (χ0v) is 38.2. The molecule has 0 radical (unpaired) electrons. The fraction of sp³-hybridized carbons (Fsp3) is 0.465. The smallest absolute Gasteiger partial charge is 0.413 e. The highest BCUT2D eigenvalue weighted by molar-refractivity contribution is 6.32. The summed E-state index contributed by atoms with van der Waals surface area (Å²) in [6, 6.07) is 14.0. The van der Waals surface area contributed by atoms with Crippen molar-refractivity contribution in [1.29, 1.82) is 0 Å². The lowest BCUT2D eigenvalue weighted by Crippen LogP contribution is -2.52. The molecule has 61 heavy (non-hydrogen) atoms.